The lowest BCUT2D eigenvalue weighted by Gasteiger charge is -2.30. The Labute approximate surface area is 89.6 Å². The van der Waals surface area contributed by atoms with Crippen LogP contribution in [0.1, 0.15) is 27.7 Å². The van der Waals surface area contributed by atoms with E-state index in [0.717, 1.165) is 19.1 Å². The first kappa shape index (κ1) is 13.5. The van der Waals surface area contributed by atoms with Crippen molar-refractivity contribution in [2.45, 2.75) is 27.7 Å². The maximum atomic E-state index is 4.09. The zero-order valence-electron chi connectivity index (χ0n) is 10.7. The third-order valence-electron chi connectivity index (χ3n) is 2.29. The van der Waals surface area contributed by atoms with E-state index in [1.807, 2.05) is 0 Å². The average Bonchev–Trinajstić information content (AvgIpc) is 2.00. The van der Waals surface area contributed by atoms with Crippen molar-refractivity contribution in [3.63, 3.8) is 0 Å². The molecule has 2 heteroatoms. The Morgan fingerprint density at radius 2 is 1.64 bits per heavy atom. The molecule has 0 aromatic rings. The van der Waals surface area contributed by atoms with Crippen molar-refractivity contribution in [2.24, 2.45) is 11.8 Å². The highest BCUT2D eigenvalue weighted by atomic mass is 15.3. The van der Waals surface area contributed by atoms with E-state index in [0.29, 0.717) is 5.92 Å². The molecule has 0 aliphatic rings. The summed E-state index contributed by atoms with van der Waals surface area (Å²) in [6.45, 7) is 15.0. The van der Waals surface area contributed by atoms with Gasteiger partial charge in [0, 0.05) is 19.3 Å². The molecule has 84 valence electrons. The molecule has 0 aromatic heterocycles. The lowest BCUT2D eigenvalue weighted by Crippen LogP contribution is -2.35. The maximum Gasteiger partial charge on any atom is 0.0698 e. The van der Waals surface area contributed by atoms with Gasteiger partial charge in [-0.25, -0.2) is 0 Å². The normalized spacial score (nSPS) is 11.5. The Morgan fingerprint density at radius 3 is 2.00 bits per heavy atom. The minimum atomic E-state index is 0.535. The molecule has 0 fully saturated rings. The number of nitrogens with zero attached hydrogens (tertiary/aromatic N) is 2. The van der Waals surface area contributed by atoms with E-state index in [-0.39, 0.29) is 0 Å². The van der Waals surface area contributed by atoms with E-state index in [1.165, 1.54) is 5.70 Å². The van der Waals surface area contributed by atoms with Crippen LogP contribution in [0.3, 0.4) is 0 Å². The third kappa shape index (κ3) is 5.28. The lowest BCUT2D eigenvalue weighted by molar-refractivity contribution is 0.189. The molecule has 0 N–H and O–H groups in total. The monoisotopic (exact) mass is 198 g/mol. The summed E-state index contributed by atoms with van der Waals surface area (Å²) in [6.07, 6.45) is 0. The van der Waals surface area contributed by atoms with Crippen molar-refractivity contribution in [3.8, 4) is 0 Å². The molecule has 0 aliphatic heterocycles. The second kappa shape index (κ2) is 6.07. The van der Waals surface area contributed by atoms with Crippen molar-refractivity contribution in [1.29, 1.82) is 0 Å². The zero-order valence-corrected chi connectivity index (χ0v) is 10.7. The van der Waals surface area contributed by atoms with Crippen molar-refractivity contribution in [2.75, 3.05) is 27.3 Å². The molecule has 0 spiro atoms. The van der Waals surface area contributed by atoms with Gasteiger partial charge in [-0.05, 0) is 18.9 Å². The summed E-state index contributed by atoms with van der Waals surface area (Å²) in [5.74, 6) is 1.26. The fourth-order valence-electron chi connectivity index (χ4n) is 1.57. The van der Waals surface area contributed by atoms with Gasteiger partial charge in [-0.15, -0.1) is 0 Å². The third-order valence-corrected chi connectivity index (χ3v) is 2.29. The number of hydrogen-bond acceptors (Lipinski definition) is 2. The molecule has 14 heavy (non-hydrogen) atoms. The van der Waals surface area contributed by atoms with E-state index in [9.17, 15) is 0 Å². The van der Waals surface area contributed by atoms with Crippen molar-refractivity contribution in [3.05, 3.63) is 12.3 Å². The fourth-order valence-corrected chi connectivity index (χ4v) is 1.57. The first-order valence-electron chi connectivity index (χ1n) is 5.43. The van der Waals surface area contributed by atoms with Crippen LogP contribution in [-0.2, 0) is 0 Å². The molecule has 0 atom stereocenters. The van der Waals surface area contributed by atoms with Crippen LogP contribution in [-0.4, -0.2) is 37.1 Å². The number of allylic oxidation sites excluding steroid dienone is 1. The van der Waals surface area contributed by atoms with Gasteiger partial charge < -0.3 is 4.90 Å². The summed E-state index contributed by atoms with van der Waals surface area (Å²) < 4.78 is 0. The minimum Gasteiger partial charge on any atom is -0.365 e. The Hall–Kier alpha value is -0.500. The van der Waals surface area contributed by atoms with Crippen LogP contribution in [0, 0.1) is 11.8 Å². The highest BCUT2D eigenvalue weighted by Crippen LogP contribution is 2.11. The van der Waals surface area contributed by atoms with Crippen molar-refractivity contribution >= 4 is 0 Å². The quantitative estimate of drug-likeness (QED) is 0.605. The van der Waals surface area contributed by atoms with Gasteiger partial charge in [0.15, 0.2) is 0 Å². The highest BCUT2D eigenvalue weighted by molar-refractivity contribution is 4.95. The largest absolute Gasteiger partial charge is 0.365 e. The molecule has 0 saturated carbocycles. The van der Waals surface area contributed by atoms with Crippen LogP contribution < -0.4 is 0 Å². The summed E-state index contributed by atoms with van der Waals surface area (Å²) >= 11 is 0. The molecule has 0 unspecified atom stereocenters. The molecule has 0 radical (unpaired) electrons. The predicted octanol–water partition coefficient (Wildman–Crippen LogP) is 2.63. The molecule has 0 amide bonds. The van der Waals surface area contributed by atoms with E-state index >= 15 is 0 Å². The molecule has 0 bridgehead atoms. The maximum absolute atomic E-state index is 4.09. The first-order chi connectivity index (χ1) is 6.34. The van der Waals surface area contributed by atoms with Gasteiger partial charge in [-0.2, -0.15) is 0 Å². The fraction of sp³-hybridized carbons (Fsp3) is 0.833. The summed E-state index contributed by atoms with van der Waals surface area (Å²) in [4.78, 5) is 4.56. The standard InChI is InChI=1S/C12H26N2/c1-10(2)8-13(6)9-14(7)12(5)11(3)4/h10-11H,5,8-9H2,1-4,6-7H3. The zero-order chi connectivity index (χ0) is 11.3. The molecular weight excluding hydrogens is 172 g/mol. The van der Waals surface area contributed by atoms with Gasteiger partial charge in [0.05, 0.1) is 6.67 Å². The van der Waals surface area contributed by atoms with Gasteiger partial charge in [0.2, 0.25) is 0 Å². The molecular formula is C12H26N2. The van der Waals surface area contributed by atoms with Gasteiger partial charge in [-0.1, -0.05) is 34.3 Å². The van der Waals surface area contributed by atoms with Crippen LogP contribution >= 0.6 is 0 Å². The van der Waals surface area contributed by atoms with E-state index < -0.39 is 0 Å². The van der Waals surface area contributed by atoms with Crippen LogP contribution in [0.25, 0.3) is 0 Å². The van der Waals surface area contributed by atoms with E-state index in [2.05, 4.69) is 58.2 Å². The number of rotatable bonds is 6. The number of hydrogen-bond donors (Lipinski definition) is 0. The van der Waals surface area contributed by atoms with Crippen LogP contribution in [0.5, 0.6) is 0 Å². The van der Waals surface area contributed by atoms with Gasteiger partial charge in [0.1, 0.15) is 0 Å². The van der Waals surface area contributed by atoms with Crippen LogP contribution in [0.4, 0.5) is 0 Å². The van der Waals surface area contributed by atoms with E-state index in [1.54, 1.807) is 0 Å². The Bertz CT molecular complexity index is 173. The van der Waals surface area contributed by atoms with Crippen molar-refractivity contribution in [1.82, 2.24) is 9.80 Å². The Balaban J connectivity index is 3.93. The second-order valence-electron chi connectivity index (χ2n) is 4.92. The minimum absolute atomic E-state index is 0.535. The SMILES string of the molecule is C=C(C(C)C)N(C)CN(C)CC(C)C. The first-order valence-corrected chi connectivity index (χ1v) is 5.43. The Kier molecular flexibility index (Phi) is 5.86. The smallest absolute Gasteiger partial charge is 0.0698 e. The van der Waals surface area contributed by atoms with Gasteiger partial charge in [-0.3, -0.25) is 4.90 Å². The molecule has 0 saturated heterocycles. The summed E-state index contributed by atoms with van der Waals surface area (Å²) in [6, 6.07) is 0. The van der Waals surface area contributed by atoms with E-state index in [4.69, 9.17) is 0 Å². The molecule has 0 rings (SSSR count). The molecule has 0 aliphatic carbocycles. The topological polar surface area (TPSA) is 6.48 Å². The Morgan fingerprint density at radius 1 is 1.14 bits per heavy atom. The second-order valence-corrected chi connectivity index (χ2v) is 4.92. The summed E-state index contributed by atoms with van der Waals surface area (Å²) in [5.41, 5.74) is 1.21. The van der Waals surface area contributed by atoms with Gasteiger partial charge in [0.25, 0.3) is 0 Å². The van der Waals surface area contributed by atoms with Crippen molar-refractivity contribution < 1.29 is 0 Å². The summed E-state index contributed by atoms with van der Waals surface area (Å²) in [5, 5.41) is 0. The van der Waals surface area contributed by atoms with Gasteiger partial charge >= 0.3 is 0 Å². The molecule has 2 nitrogen and oxygen atoms in total. The van der Waals surface area contributed by atoms with Crippen LogP contribution in [0.2, 0.25) is 0 Å². The molecule has 0 heterocycles. The highest BCUT2D eigenvalue weighted by Gasteiger charge is 2.09. The predicted molar refractivity (Wildman–Crippen MR) is 64.1 cm³/mol. The molecule has 0 aromatic carbocycles. The average molecular weight is 198 g/mol. The summed E-state index contributed by atoms with van der Waals surface area (Å²) in [7, 11) is 4.27. The van der Waals surface area contributed by atoms with Crippen LogP contribution in [0.15, 0.2) is 12.3 Å². The lowest BCUT2D eigenvalue weighted by atomic mass is 10.1.